The molecule has 1 aromatic carbocycles. The van der Waals surface area contributed by atoms with Crippen LogP contribution in [-0.4, -0.2) is 12.1 Å². The zero-order chi connectivity index (χ0) is 15.0. The fourth-order valence-electron chi connectivity index (χ4n) is 3.20. The van der Waals surface area contributed by atoms with Crippen molar-refractivity contribution in [2.75, 3.05) is 7.11 Å². The van der Waals surface area contributed by atoms with Crippen molar-refractivity contribution in [1.29, 1.82) is 0 Å². The molecule has 0 amide bonds. The molecule has 0 saturated carbocycles. The number of rotatable bonds is 3. The van der Waals surface area contributed by atoms with Crippen LogP contribution in [0.25, 0.3) is 0 Å². The van der Waals surface area contributed by atoms with Crippen LogP contribution >= 0.6 is 11.3 Å². The Morgan fingerprint density at radius 3 is 2.90 bits per heavy atom. The molecule has 3 rings (SSSR count). The van der Waals surface area contributed by atoms with E-state index < -0.39 is 5.54 Å². The van der Waals surface area contributed by atoms with E-state index in [9.17, 15) is 0 Å². The van der Waals surface area contributed by atoms with Crippen molar-refractivity contribution in [3.05, 3.63) is 44.9 Å². The summed E-state index contributed by atoms with van der Waals surface area (Å²) in [5.74, 6) is 0.905. The number of aromatic nitrogens is 1. The quantitative estimate of drug-likeness (QED) is 0.943. The number of nitrogens with zero attached hydrogens (tertiary/aromatic N) is 1. The van der Waals surface area contributed by atoms with Crippen molar-refractivity contribution in [2.24, 2.45) is 5.73 Å². The van der Waals surface area contributed by atoms with Crippen molar-refractivity contribution < 1.29 is 4.74 Å². The monoisotopic (exact) mass is 302 g/mol. The fourth-order valence-corrected chi connectivity index (χ4v) is 4.35. The van der Waals surface area contributed by atoms with Gasteiger partial charge in [-0.3, -0.25) is 0 Å². The van der Waals surface area contributed by atoms with Crippen molar-refractivity contribution >= 4 is 11.3 Å². The molecule has 0 radical (unpaired) electrons. The molecule has 1 aromatic heterocycles. The number of hydrogen-bond donors (Lipinski definition) is 1. The molecule has 0 fully saturated rings. The Kier molecular flexibility index (Phi) is 3.76. The second-order valence-electron chi connectivity index (χ2n) is 5.72. The summed E-state index contributed by atoms with van der Waals surface area (Å²) in [7, 11) is 1.71. The second kappa shape index (κ2) is 5.43. The molecule has 1 atom stereocenters. The highest BCUT2D eigenvalue weighted by Gasteiger charge is 2.37. The van der Waals surface area contributed by atoms with Gasteiger partial charge in [0.15, 0.2) is 0 Å². The third kappa shape index (κ3) is 2.36. The number of ether oxygens (including phenoxy) is 1. The number of aryl methyl sites for hydroxylation is 3. The number of benzene rings is 1. The summed E-state index contributed by atoms with van der Waals surface area (Å²) in [5, 5.41) is 1.06. The number of nitrogens with two attached hydrogens (primary N) is 1. The average molecular weight is 302 g/mol. The van der Waals surface area contributed by atoms with Crippen LogP contribution in [0.4, 0.5) is 0 Å². The summed E-state index contributed by atoms with van der Waals surface area (Å²) in [6.07, 6.45) is 4.09. The van der Waals surface area contributed by atoms with Gasteiger partial charge in [-0.25, -0.2) is 4.98 Å². The zero-order valence-electron chi connectivity index (χ0n) is 12.9. The molecular formula is C17H22N2OS. The minimum Gasteiger partial charge on any atom is -0.497 e. The molecule has 4 heteroatoms. The first-order valence-corrected chi connectivity index (χ1v) is 8.33. The molecule has 21 heavy (non-hydrogen) atoms. The highest BCUT2D eigenvalue weighted by molar-refractivity contribution is 7.11. The lowest BCUT2D eigenvalue weighted by Gasteiger charge is -2.34. The molecule has 0 bridgehead atoms. The predicted molar refractivity (Wildman–Crippen MR) is 87.1 cm³/mol. The Bertz CT molecular complexity index is 665. The zero-order valence-corrected chi connectivity index (χ0v) is 13.7. The summed E-state index contributed by atoms with van der Waals surface area (Å²) in [5.41, 5.74) is 10.1. The molecule has 0 saturated heterocycles. The Morgan fingerprint density at radius 1 is 1.43 bits per heavy atom. The van der Waals surface area contributed by atoms with Crippen LogP contribution in [0.15, 0.2) is 18.2 Å². The van der Waals surface area contributed by atoms with Crippen LogP contribution in [-0.2, 0) is 18.4 Å². The van der Waals surface area contributed by atoms with Gasteiger partial charge in [0.05, 0.1) is 18.3 Å². The molecule has 3 nitrogen and oxygen atoms in total. The molecule has 2 aromatic rings. The van der Waals surface area contributed by atoms with Gasteiger partial charge in [-0.05, 0) is 55.9 Å². The summed E-state index contributed by atoms with van der Waals surface area (Å²) in [4.78, 5) is 6.12. The van der Waals surface area contributed by atoms with Gasteiger partial charge in [-0.15, -0.1) is 11.3 Å². The smallest absolute Gasteiger partial charge is 0.119 e. The molecular weight excluding hydrogens is 280 g/mol. The lowest BCUT2D eigenvalue weighted by atomic mass is 9.77. The van der Waals surface area contributed by atoms with Crippen molar-refractivity contribution in [1.82, 2.24) is 4.98 Å². The van der Waals surface area contributed by atoms with Crippen LogP contribution < -0.4 is 10.5 Å². The van der Waals surface area contributed by atoms with Gasteiger partial charge in [-0.1, -0.05) is 13.0 Å². The molecule has 1 unspecified atom stereocenters. The SMILES string of the molecule is CCc1nc(C2(N)CCCc3cc(OC)ccc32)sc1C. The minimum absolute atomic E-state index is 0.442. The van der Waals surface area contributed by atoms with Crippen LogP contribution in [0.2, 0.25) is 0 Å². The molecule has 1 aliphatic carbocycles. The number of fused-ring (bicyclic) bond motifs is 1. The third-order valence-electron chi connectivity index (χ3n) is 4.42. The van der Waals surface area contributed by atoms with Gasteiger partial charge >= 0.3 is 0 Å². The predicted octanol–water partition coefficient (Wildman–Crippen LogP) is 3.56. The summed E-state index contributed by atoms with van der Waals surface area (Å²) >= 11 is 1.75. The van der Waals surface area contributed by atoms with Crippen molar-refractivity contribution in [3.8, 4) is 5.75 Å². The van der Waals surface area contributed by atoms with Crippen LogP contribution in [0, 0.1) is 6.92 Å². The van der Waals surface area contributed by atoms with E-state index in [1.165, 1.54) is 21.7 Å². The number of hydrogen-bond acceptors (Lipinski definition) is 4. The topological polar surface area (TPSA) is 48.1 Å². The van der Waals surface area contributed by atoms with Gasteiger partial charge < -0.3 is 10.5 Å². The Hall–Kier alpha value is -1.39. The first-order chi connectivity index (χ1) is 10.1. The molecule has 1 aliphatic rings. The summed E-state index contributed by atoms with van der Waals surface area (Å²) in [6.45, 7) is 4.29. The van der Waals surface area contributed by atoms with Gasteiger partial charge in [0, 0.05) is 4.88 Å². The largest absolute Gasteiger partial charge is 0.497 e. The Labute approximate surface area is 130 Å². The third-order valence-corrected chi connectivity index (χ3v) is 5.61. The van der Waals surface area contributed by atoms with E-state index in [4.69, 9.17) is 15.5 Å². The van der Waals surface area contributed by atoms with Gasteiger partial charge in [0.1, 0.15) is 10.8 Å². The number of methoxy groups -OCH3 is 1. The van der Waals surface area contributed by atoms with Gasteiger partial charge in [-0.2, -0.15) is 0 Å². The van der Waals surface area contributed by atoms with Crippen molar-refractivity contribution in [3.63, 3.8) is 0 Å². The lowest BCUT2D eigenvalue weighted by Crippen LogP contribution is -2.41. The number of thiazole rings is 1. The molecule has 112 valence electrons. The summed E-state index contributed by atoms with van der Waals surface area (Å²) < 4.78 is 5.34. The van der Waals surface area contributed by atoms with Crippen molar-refractivity contribution in [2.45, 2.75) is 45.1 Å². The van der Waals surface area contributed by atoms with Gasteiger partial charge in [0.2, 0.25) is 0 Å². The van der Waals surface area contributed by atoms with Crippen LogP contribution in [0.3, 0.4) is 0 Å². The Morgan fingerprint density at radius 2 is 2.24 bits per heavy atom. The first kappa shape index (κ1) is 14.5. The maximum Gasteiger partial charge on any atom is 0.119 e. The van der Waals surface area contributed by atoms with E-state index >= 15 is 0 Å². The van der Waals surface area contributed by atoms with E-state index in [2.05, 4.69) is 26.0 Å². The molecule has 0 aliphatic heterocycles. The van der Waals surface area contributed by atoms with E-state index in [0.717, 1.165) is 36.4 Å². The van der Waals surface area contributed by atoms with E-state index in [0.29, 0.717) is 0 Å². The maximum atomic E-state index is 6.83. The fraction of sp³-hybridized carbons (Fsp3) is 0.471. The first-order valence-electron chi connectivity index (χ1n) is 7.51. The Balaban J connectivity index is 2.10. The normalized spacial score (nSPS) is 21.1. The van der Waals surface area contributed by atoms with Crippen LogP contribution in [0.5, 0.6) is 5.75 Å². The van der Waals surface area contributed by atoms with Gasteiger partial charge in [0.25, 0.3) is 0 Å². The van der Waals surface area contributed by atoms with Crippen LogP contribution in [0.1, 0.15) is 46.5 Å². The van der Waals surface area contributed by atoms with E-state index in [1.54, 1.807) is 18.4 Å². The highest BCUT2D eigenvalue weighted by atomic mass is 32.1. The highest BCUT2D eigenvalue weighted by Crippen LogP contribution is 2.41. The molecule has 0 spiro atoms. The summed E-state index contributed by atoms with van der Waals surface area (Å²) in [6, 6.07) is 6.25. The lowest BCUT2D eigenvalue weighted by molar-refractivity contribution is 0.407. The standard InChI is InChI=1S/C17H22N2OS/c1-4-15-11(2)21-16(19-15)17(18)9-5-6-12-10-13(20-3)7-8-14(12)17/h7-8,10H,4-6,9,18H2,1-3H3. The molecule has 2 N–H and O–H groups in total. The van der Waals surface area contributed by atoms with E-state index in [1.807, 2.05) is 6.07 Å². The second-order valence-corrected chi connectivity index (χ2v) is 6.93. The average Bonchev–Trinajstić information content (AvgIpc) is 2.89. The maximum absolute atomic E-state index is 6.83. The molecule has 1 heterocycles. The minimum atomic E-state index is -0.442. The van der Waals surface area contributed by atoms with E-state index in [-0.39, 0.29) is 0 Å².